The Kier molecular flexibility index (Phi) is 7.12. The molecule has 0 spiro atoms. The normalized spacial score (nSPS) is 12.4. The van der Waals surface area contributed by atoms with Crippen LogP contribution in [0.2, 0.25) is 0 Å². The molecule has 0 fully saturated rings. The summed E-state index contributed by atoms with van der Waals surface area (Å²) in [6.45, 7) is 9.66. The topological polar surface area (TPSA) is 15.3 Å². The molecule has 0 bridgehead atoms. The van der Waals surface area contributed by atoms with Gasteiger partial charge >= 0.3 is 0 Å². The molecular formula is C16H22F2N2. The molecule has 4 heteroatoms. The van der Waals surface area contributed by atoms with E-state index in [4.69, 9.17) is 0 Å². The Hall–Kier alpha value is -1.52. The fourth-order valence-corrected chi connectivity index (χ4v) is 2.18. The summed E-state index contributed by atoms with van der Waals surface area (Å²) >= 11 is 0. The van der Waals surface area contributed by atoms with Gasteiger partial charge in [0.2, 0.25) is 0 Å². The van der Waals surface area contributed by atoms with Crippen molar-refractivity contribution in [1.82, 2.24) is 10.2 Å². The van der Waals surface area contributed by atoms with E-state index in [9.17, 15) is 8.78 Å². The summed E-state index contributed by atoms with van der Waals surface area (Å²) in [5, 5.41) is 3.04. The lowest BCUT2D eigenvalue weighted by molar-refractivity contribution is 0.308. The van der Waals surface area contributed by atoms with Gasteiger partial charge in [-0.1, -0.05) is 24.3 Å². The van der Waals surface area contributed by atoms with Crippen LogP contribution in [0, 0.1) is 11.6 Å². The maximum atomic E-state index is 13.8. The summed E-state index contributed by atoms with van der Waals surface area (Å²) < 4.78 is 27.1. The van der Waals surface area contributed by atoms with Gasteiger partial charge in [-0.25, -0.2) is 8.78 Å². The van der Waals surface area contributed by atoms with Gasteiger partial charge in [0.15, 0.2) is 11.6 Å². The van der Waals surface area contributed by atoms with Crippen LogP contribution in [0.15, 0.2) is 43.5 Å². The van der Waals surface area contributed by atoms with Crippen molar-refractivity contribution in [3.05, 3.63) is 60.7 Å². The van der Waals surface area contributed by atoms with Gasteiger partial charge in [0, 0.05) is 31.2 Å². The second-order valence-electron chi connectivity index (χ2n) is 4.61. The van der Waals surface area contributed by atoms with E-state index in [0.29, 0.717) is 12.0 Å². The quantitative estimate of drug-likeness (QED) is 0.698. The van der Waals surface area contributed by atoms with Gasteiger partial charge in [0.1, 0.15) is 0 Å². The van der Waals surface area contributed by atoms with Gasteiger partial charge in [-0.2, -0.15) is 0 Å². The number of nitrogens with one attached hydrogen (secondary N) is 1. The molecule has 110 valence electrons. The number of rotatable bonds is 9. The zero-order valence-corrected chi connectivity index (χ0v) is 11.9. The zero-order valence-electron chi connectivity index (χ0n) is 11.9. The van der Waals surface area contributed by atoms with E-state index in [1.807, 2.05) is 12.2 Å². The molecule has 0 heterocycles. The number of nitrogens with zero attached hydrogens (tertiary/aromatic N) is 1. The molecule has 0 aliphatic rings. The second kappa shape index (κ2) is 8.61. The highest BCUT2D eigenvalue weighted by Crippen LogP contribution is 2.22. The Morgan fingerprint density at radius 1 is 1.25 bits per heavy atom. The van der Waals surface area contributed by atoms with Crippen LogP contribution in [0.5, 0.6) is 0 Å². The van der Waals surface area contributed by atoms with Gasteiger partial charge in [-0.15, -0.1) is 13.2 Å². The van der Waals surface area contributed by atoms with E-state index in [-0.39, 0.29) is 6.04 Å². The molecule has 0 radical (unpaired) electrons. The maximum absolute atomic E-state index is 13.8. The van der Waals surface area contributed by atoms with Crippen LogP contribution in [0.25, 0.3) is 0 Å². The van der Waals surface area contributed by atoms with Gasteiger partial charge in [-0.3, -0.25) is 4.90 Å². The van der Waals surface area contributed by atoms with E-state index >= 15 is 0 Å². The van der Waals surface area contributed by atoms with Crippen LogP contribution in [0.4, 0.5) is 8.78 Å². The van der Waals surface area contributed by atoms with Crippen LogP contribution in [-0.2, 0) is 0 Å². The molecule has 0 aliphatic carbocycles. The van der Waals surface area contributed by atoms with Crippen molar-refractivity contribution in [3.8, 4) is 0 Å². The van der Waals surface area contributed by atoms with Crippen molar-refractivity contribution in [2.75, 3.05) is 26.7 Å². The molecule has 0 saturated carbocycles. The molecule has 20 heavy (non-hydrogen) atoms. The van der Waals surface area contributed by atoms with Crippen molar-refractivity contribution in [3.63, 3.8) is 0 Å². The van der Waals surface area contributed by atoms with E-state index in [1.54, 1.807) is 13.1 Å². The highest BCUT2D eigenvalue weighted by atomic mass is 19.2. The number of benzene rings is 1. The summed E-state index contributed by atoms with van der Waals surface area (Å²) in [5.74, 6) is -1.58. The first-order valence-electron chi connectivity index (χ1n) is 6.69. The summed E-state index contributed by atoms with van der Waals surface area (Å²) in [6.07, 6.45) is 4.32. The van der Waals surface area contributed by atoms with Crippen LogP contribution < -0.4 is 5.32 Å². The highest BCUT2D eigenvalue weighted by Gasteiger charge is 2.17. The molecule has 1 aromatic carbocycles. The van der Waals surface area contributed by atoms with Crippen molar-refractivity contribution in [2.45, 2.75) is 12.5 Å². The lowest BCUT2D eigenvalue weighted by Crippen LogP contribution is -2.29. The van der Waals surface area contributed by atoms with Crippen molar-refractivity contribution < 1.29 is 8.78 Å². The molecule has 0 aromatic heterocycles. The van der Waals surface area contributed by atoms with Crippen molar-refractivity contribution in [1.29, 1.82) is 0 Å². The summed E-state index contributed by atoms with van der Waals surface area (Å²) in [6, 6.07) is 4.06. The maximum Gasteiger partial charge on any atom is 0.163 e. The first-order valence-corrected chi connectivity index (χ1v) is 6.69. The molecule has 0 amide bonds. The number of hydrogen-bond acceptors (Lipinski definition) is 2. The SMILES string of the molecule is C=CCN(CC=C)CCC(NC)c1cccc(F)c1F. The van der Waals surface area contributed by atoms with Crippen LogP contribution in [0.1, 0.15) is 18.0 Å². The van der Waals surface area contributed by atoms with Crippen molar-refractivity contribution in [2.24, 2.45) is 0 Å². The summed E-state index contributed by atoms with van der Waals surface area (Å²) in [4.78, 5) is 2.14. The first-order chi connectivity index (χ1) is 9.63. The van der Waals surface area contributed by atoms with Gasteiger partial charge in [0.05, 0.1) is 0 Å². The average Bonchev–Trinajstić information content (AvgIpc) is 2.44. The number of halogens is 2. The van der Waals surface area contributed by atoms with Crippen LogP contribution in [0.3, 0.4) is 0 Å². The lowest BCUT2D eigenvalue weighted by atomic mass is 10.0. The Morgan fingerprint density at radius 3 is 2.45 bits per heavy atom. The van der Waals surface area contributed by atoms with Gasteiger partial charge in [-0.05, 0) is 19.5 Å². The van der Waals surface area contributed by atoms with Gasteiger partial charge in [0.25, 0.3) is 0 Å². The number of hydrogen-bond donors (Lipinski definition) is 1. The summed E-state index contributed by atoms with van der Waals surface area (Å²) in [7, 11) is 1.75. The third-order valence-electron chi connectivity index (χ3n) is 3.21. The van der Waals surface area contributed by atoms with Crippen molar-refractivity contribution >= 4 is 0 Å². The molecule has 1 aromatic rings. The van der Waals surface area contributed by atoms with Crippen LogP contribution >= 0.6 is 0 Å². The minimum absolute atomic E-state index is 0.220. The van der Waals surface area contributed by atoms with E-state index < -0.39 is 11.6 Å². The molecule has 1 N–H and O–H groups in total. The molecule has 0 aliphatic heterocycles. The predicted molar refractivity (Wildman–Crippen MR) is 79.6 cm³/mol. The molecular weight excluding hydrogens is 258 g/mol. The molecule has 2 nitrogen and oxygen atoms in total. The monoisotopic (exact) mass is 280 g/mol. The van der Waals surface area contributed by atoms with Gasteiger partial charge < -0.3 is 5.32 Å². The second-order valence-corrected chi connectivity index (χ2v) is 4.61. The van der Waals surface area contributed by atoms with E-state index in [2.05, 4.69) is 23.4 Å². The smallest absolute Gasteiger partial charge is 0.163 e. The highest BCUT2D eigenvalue weighted by molar-refractivity contribution is 5.22. The Balaban J connectivity index is 2.73. The standard InChI is InChI=1S/C16H22F2N2/c1-4-10-20(11-5-2)12-9-15(19-3)13-7-6-8-14(17)16(13)18/h4-8,15,19H,1-2,9-12H2,3H3. The van der Waals surface area contributed by atoms with Crippen LogP contribution in [-0.4, -0.2) is 31.6 Å². The predicted octanol–water partition coefficient (Wildman–Crippen LogP) is 3.29. The largest absolute Gasteiger partial charge is 0.313 e. The fraction of sp³-hybridized carbons (Fsp3) is 0.375. The molecule has 1 unspecified atom stereocenters. The molecule has 1 rings (SSSR count). The minimum Gasteiger partial charge on any atom is -0.313 e. The molecule has 0 saturated heterocycles. The van der Waals surface area contributed by atoms with E-state index in [1.165, 1.54) is 6.07 Å². The third-order valence-corrected chi connectivity index (χ3v) is 3.21. The van der Waals surface area contributed by atoms with E-state index in [0.717, 1.165) is 25.7 Å². The minimum atomic E-state index is -0.809. The Labute approximate surface area is 119 Å². The Bertz CT molecular complexity index is 436. The fourth-order valence-electron chi connectivity index (χ4n) is 2.18. The first kappa shape index (κ1) is 16.5. The Morgan fingerprint density at radius 2 is 1.90 bits per heavy atom. The third kappa shape index (κ3) is 4.54. The lowest BCUT2D eigenvalue weighted by Gasteiger charge is -2.23. The average molecular weight is 280 g/mol. The zero-order chi connectivity index (χ0) is 15.0. The molecule has 1 atom stereocenters. The summed E-state index contributed by atoms with van der Waals surface area (Å²) in [5.41, 5.74) is 0.365.